The summed E-state index contributed by atoms with van der Waals surface area (Å²) in [5.41, 5.74) is 7.62. The van der Waals surface area contributed by atoms with Gasteiger partial charge in [-0.3, -0.25) is 9.55 Å². The van der Waals surface area contributed by atoms with Crippen molar-refractivity contribution in [1.29, 1.82) is 0 Å². The standard InChI is InChI=1S/C18H17N3O/c1-13-6-3-8-16-17(13)14(2)18(15-7-4-9-19-12-15)21(16)11-5-10-20-22/h3-4,6-9,12,20,22H,10H2,1-2H3. The van der Waals surface area contributed by atoms with E-state index in [2.05, 4.69) is 48.4 Å². The minimum absolute atomic E-state index is 0.219. The third-order valence-electron chi connectivity index (χ3n) is 3.74. The average Bonchev–Trinajstić information content (AvgIpc) is 2.82. The summed E-state index contributed by atoms with van der Waals surface area (Å²) in [6, 6.07) is 13.3. The number of fused-ring (bicyclic) bond motifs is 1. The van der Waals surface area contributed by atoms with Gasteiger partial charge in [-0.15, -0.1) is 0 Å². The third-order valence-corrected chi connectivity index (χ3v) is 3.74. The topological polar surface area (TPSA) is 50.1 Å². The van der Waals surface area contributed by atoms with E-state index in [0.717, 1.165) is 16.8 Å². The summed E-state index contributed by atoms with van der Waals surface area (Å²) < 4.78 is 1.98. The highest BCUT2D eigenvalue weighted by atomic mass is 16.5. The quantitative estimate of drug-likeness (QED) is 0.563. The normalized spacial score (nSPS) is 10.5. The first kappa shape index (κ1) is 14.3. The second-order valence-corrected chi connectivity index (χ2v) is 5.14. The van der Waals surface area contributed by atoms with Gasteiger partial charge in [-0.1, -0.05) is 18.1 Å². The molecule has 0 atom stereocenters. The summed E-state index contributed by atoms with van der Waals surface area (Å²) in [6.45, 7) is 4.44. The lowest BCUT2D eigenvalue weighted by Gasteiger charge is -2.04. The Kier molecular flexibility index (Phi) is 3.92. The van der Waals surface area contributed by atoms with Gasteiger partial charge in [0, 0.05) is 29.4 Å². The molecule has 0 fully saturated rings. The zero-order valence-corrected chi connectivity index (χ0v) is 12.6. The number of pyridine rings is 1. The van der Waals surface area contributed by atoms with Crippen molar-refractivity contribution in [1.82, 2.24) is 15.0 Å². The summed E-state index contributed by atoms with van der Waals surface area (Å²) >= 11 is 0. The van der Waals surface area contributed by atoms with E-state index in [1.807, 2.05) is 29.0 Å². The first-order valence-corrected chi connectivity index (χ1v) is 7.11. The third kappa shape index (κ3) is 2.37. The number of aryl methyl sites for hydroxylation is 2. The van der Waals surface area contributed by atoms with E-state index >= 15 is 0 Å². The first-order chi connectivity index (χ1) is 10.7. The molecule has 2 aromatic heterocycles. The molecule has 0 bridgehead atoms. The minimum Gasteiger partial charge on any atom is -0.316 e. The molecule has 0 aliphatic carbocycles. The molecule has 0 amide bonds. The van der Waals surface area contributed by atoms with Crippen LogP contribution in [0.2, 0.25) is 0 Å². The summed E-state index contributed by atoms with van der Waals surface area (Å²) in [5, 5.41) is 9.94. The van der Waals surface area contributed by atoms with Crippen molar-refractivity contribution in [3.05, 3.63) is 53.9 Å². The van der Waals surface area contributed by atoms with Crippen molar-refractivity contribution in [2.75, 3.05) is 6.54 Å². The Morgan fingerprint density at radius 1 is 1.23 bits per heavy atom. The smallest absolute Gasteiger partial charge is 0.0837 e. The van der Waals surface area contributed by atoms with E-state index < -0.39 is 0 Å². The molecule has 0 aliphatic rings. The number of aromatic nitrogens is 2. The molecule has 0 saturated carbocycles. The van der Waals surface area contributed by atoms with Gasteiger partial charge < -0.3 is 5.21 Å². The SMILES string of the molecule is Cc1cccc2c1c(C)c(-c1cccnc1)n2C#CCNO. The fourth-order valence-corrected chi connectivity index (χ4v) is 2.86. The van der Waals surface area contributed by atoms with Crippen LogP contribution in [0.15, 0.2) is 42.7 Å². The highest BCUT2D eigenvalue weighted by molar-refractivity contribution is 5.94. The zero-order chi connectivity index (χ0) is 15.5. The van der Waals surface area contributed by atoms with Gasteiger partial charge in [-0.25, -0.2) is 0 Å². The summed E-state index contributed by atoms with van der Waals surface area (Å²) in [5.74, 6) is 2.92. The molecule has 3 aromatic rings. The predicted molar refractivity (Wildman–Crippen MR) is 87.6 cm³/mol. The van der Waals surface area contributed by atoms with Crippen LogP contribution < -0.4 is 5.48 Å². The molecule has 0 saturated heterocycles. The Labute approximate surface area is 129 Å². The van der Waals surface area contributed by atoms with E-state index in [1.165, 1.54) is 16.5 Å². The van der Waals surface area contributed by atoms with E-state index in [9.17, 15) is 0 Å². The Balaban J connectivity index is 2.35. The number of nitrogens with zero attached hydrogens (tertiary/aromatic N) is 2. The van der Waals surface area contributed by atoms with Gasteiger partial charge in [0.25, 0.3) is 0 Å². The number of rotatable bonds is 2. The molecule has 0 aliphatic heterocycles. The number of nitrogens with one attached hydrogen (secondary N) is 1. The van der Waals surface area contributed by atoms with Crippen LogP contribution in [0.4, 0.5) is 0 Å². The maximum Gasteiger partial charge on any atom is 0.0837 e. The average molecular weight is 291 g/mol. The molecule has 22 heavy (non-hydrogen) atoms. The Hall–Kier alpha value is -2.61. The van der Waals surface area contributed by atoms with Crippen molar-refractivity contribution < 1.29 is 5.21 Å². The molecule has 4 nitrogen and oxygen atoms in total. The van der Waals surface area contributed by atoms with Gasteiger partial charge in [-0.2, -0.15) is 5.48 Å². The molecule has 1 aromatic carbocycles. The highest BCUT2D eigenvalue weighted by Crippen LogP contribution is 2.34. The van der Waals surface area contributed by atoms with Crippen molar-refractivity contribution in [3.63, 3.8) is 0 Å². The highest BCUT2D eigenvalue weighted by Gasteiger charge is 2.16. The van der Waals surface area contributed by atoms with Crippen LogP contribution in [0.1, 0.15) is 11.1 Å². The Bertz CT molecular complexity index is 870. The molecular formula is C18H17N3O. The van der Waals surface area contributed by atoms with E-state index in [1.54, 1.807) is 6.20 Å². The van der Waals surface area contributed by atoms with E-state index in [0.29, 0.717) is 0 Å². The van der Waals surface area contributed by atoms with Gasteiger partial charge in [0.05, 0.1) is 17.8 Å². The van der Waals surface area contributed by atoms with Gasteiger partial charge in [0.2, 0.25) is 0 Å². The van der Waals surface area contributed by atoms with Crippen LogP contribution in [0.5, 0.6) is 0 Å². The molecule has 4 heteroatoms. The van der Waals surface area contributed by atoms with Crippen LogP contribution >= 0.6 is 0 Å². The Morgan fingerprint density at radius 2 is 2.09 bits per heavy atom. The number of benzene rings is 1. The lowest BCUT2D eigenvalue weighted by molar-refractivity contribution is 0.181. The number of hydrogen-bond acceptors (Lipinski definition) is 3. The molecule has 0 spiro atoms. The van der Waals surface area contributed by atoms with E-state index in [4.69, 9.17) is 5.21 Å². The van der Waals surface area contributed by atoms with Crippen LogP contribution in [-0.4, -0.2) is 21.3 Å². The van der Waals surface area contributed by atoms with Gasteiger partial charge >= 0.3 is 0 Å². The fraction of sp³-hybridized carbons (Fsp3) is 0.167. The molecule has 0 unspecified atom stereocenters. The summed E-state index contributed by atoms with van der Waals surface area (Å²) in [7, 11) is 0. The van der Waals surface area contributed by atoms with Crippen LogP contribution in [0, 0.1) is 25.8 Å². The molecule has 110 valence electrons. The second-order valence-electron chi connectivity index (χ2n) is 5.14. The number of hydroxylamine groups is 1. The molecule has 2 N–H and O–H groups in total. The molecule has 2 heterocycles. The zero-order valence-electron chi connectivity index (χ0n) is 12.6. The Morgan fingerprint density at radius 3 is 2.82 bits per heavy atom. The van der Waals surface area contributed by atoms with Crippen LogP contribution in [-0.2, 0) is 0 Å². The predicted octanol–water partition coefficient (Wildman–Crippen LogP) is 3.11. The maximum absolute atomic E-state index is 8.72. The first-order valence-electron chi connectivity index (χ1n) is 7.11. The monoisotopic (exact) mass is 291 g/mol. The van der Waals surface area contributed by atoms with Gasteiger partial charge in [0.15, 0.2) is 0 Å². The molecule has 0 radical (unpaired) electrons. The molecule has 3 rings (SSSR count). The van der Waals surface area contributed by atoms with Crippen molar-refractivity contribution in [2.45, 2.75) is 13.8 Å². The van der Waals surface area contributed by atoms with Crippen molar-refractivity contribution in [3.8, 4) is 23.2 Å². The summed E-state index contributed by atoms with van der Waals surface area (Å²) in [6.07, 6.45) is 3.61. The maximum atomic E-state index is 8.72. The van der Waals surface area contributed by atoms with E-state index in [-0.39, 0.29) is 6.54 Å². The minimum atomic E-state index is 0.219. The lowest BCUT2D eigenvalue weighted by atomic mass is 10.0. The van der Waals surface area contributed by atoms with Gasteiger partial charge in [-0.05, 0) is 43.2 Å². The molecular weight excluding hydrogens is 274 g/mol. The number of hydrogen-bond donors (Lipinski definition) is 2. The fourth-order valence-electron chi connectivity index (χ4n) is 2.86. The van der Waals surface area contributed by atoms with Crippen LogP contribution in [0.25, 0.3) is 22.2 Å². The second kappa shape index (κ2) is 6.02. The van der Waals surface area contributed by atoms with Crippen molar-refractivity contribution in [2.24, 2.45) is 0 Å². The van der Waals surface area contributed by atoms with Crippen LogP contribution in [0.3, 0.4) is 0 Å². The van der Waals surface area contributed by atoms with Gasteiger partial charge in [0.1, 0.15) is 0 Å². The summed E-state index contributed by atoms with van der Waals surface area (Å²) in [4.78, 5) is 4.22. The van der Waals surface area contributed by atoms with Crippen molar-refractivity contribution >= 4 is 10.9 Å². The largest absolute Gasteiger partial charge is 0.316 e. The lowest BCUT2D eigenvalue weighted by Crippen LogP contribution is -2.06.